The van der Waals surface area contributed by atoms with Crippen molar-refractivity contribution in [3.8, 4) is 11.4 Å². The van der Waals surface area contributed by atoms with Crippen molar-refractivity contribution in [2.24, 2.45) is 0 Å². The average Bonchev–Trinajstić information content (AvgIpc) is 3.62. The zero-order chi connectivity index (χ0) is 28.8. The van der Waals surface area contributed by atoms with Crippen LogP contribution in [0.5, 0.6) is 0 Å². The van der Waals surface area contributed by atoms with E-state index in [2.05, 4.69) is 20.7 Å². The van der Waals surface area contributed by atoms with Crippen molar-refractivity contribution in [1.82, 2.24) is 30.4 Å². The van der Waals surface area contributed by atoms with Crippen LogP contribution < -0.4 is 5.32 Å². The number of halogens is 1. The van der Waals surface area contributed by atoms with Gasteiger partial charge in [0.1, 0.15) is 23.9 Å². The molecule has 0 radical (unpaired) electrons. The Labute approximate surface area is 236 Å². The van der Waals surface area contributed by atoms with Gasteiger partial charge >= 0.3 is 0 Å². The molecule has 1 N–H and O–H groups in total. The molecule has 0 saturated carbocycles. The predicted molar refractivity (Wildman–Crippen MR) is 149 cm³/mol. The fourth-order valence-electron chi connectivity index (χ4n) is 4.38. The normalized spacial score (nSPS) is 11.7. The minimum absolute atomic E-state index is 0.186. The molecule has 1 atom stereocenters. The van der Waals surface area contributed by atoms with E-state index >= 15 is 0 Å². The Balaban J connectivity index is 1.46. The Bertz CT molecular complexity index is 1630. The van der Waals surface area contributed by atoms with Gasteiger partial charge in [-0.1, -0.05) is 78.4 Å². The highest BCUT2D eigenvalue weighted by molar-refractivity contribution is 5.88. The lowest BCUT2D eigenvalue weighted by Gasteiger charge is -2.30. The first-order valence-corrected chi connectivity index (χ1v) is 13.1. The molecule has 0 aliphatic heterocycles. The Hall–Kier alpha value is -5.12. The lowest BCUT2D eigenvalue weighted by atomic mass is 10.1. The van der Waals surface area contributed by atoms with E-state index in [1.54, 1.807) is 37.3 Å². The van der Waals surface area contributed by atoms with Crippen LogP contribution in [0.25, 0.3) is 11.4 Å². The van der Waals surface area contributed by atoms with Gasteiger partial charge < -0.3 is 14.6 Å². The molecule has 0 spiro atoms. The molecule has 9 nitrogen and oxygen atoms in total. The van der Waals surface area contributed by atoms with Crippen LogP contribution in [-0.2, 0) is 29.2 Å². The summed E-state index contributed by atoms with van der Waals surface area (Å²) in [6.07, 6.45) is 0. The quantitative estimate of drug-likeness (QED) is 0.267. The predicted octanol–water partition coefficient (Wildman–Crippen LogP) is 4.78. The fourth-order valence-corrected chi connectivity index (χ4v) is 4.38. The van der Waals surface area contributed by atoms with E-state index in [1.807, 2.05) is 61.5 Å². The SMILES string of the molecule is Cc1ccc(-c2nnn(CC(=O)N(Cc3ccccc3F)C(C(=O)NCc3ccccc3)c3ccc(C)o3)n2)cc1. The van der Waals surface area contributed by atoms with Crippen LogP contribution in [0.15, 0.2) is 95.4 Å². The Morgan fingerprint density at radius 3 is 2.39 bits per heavy atom. The standard InChI is InChI=1S/C31H29FN6O3/c1-21-12-15-24(16-13-21)30-34-36-38(35-30)20-28(39)37(19-25-10-6-7-11-26(25)32)29(27-17-14-22(2)41-27)31(40)33-18-23-8-4-3-5-9-23/h3-17,29H,18-20H2,1-2H3,(H,33,40). The molecule has 0 fully saturated rings. The third kappa shape index (κ3) is 6.73. The molecule has 5 rings (SSSR count). The van der Waals surface area contributed by atoms with Gasteiger partial charge in [0.2, 0.25) is 11.7 Å². The number of aromatic nitrogens is 4. The second kappa shape index (κ2) is 12.4. The molecule has 2 heterocycles. The van der Waals surface area contributed by atoms with Gasteiger partial charge in [-0.05, 0) is 42.8 Å². The summed E-state index contributed by atoms with van der Waals surface area (Å²) >= 11 is 0. The number of hydrogen-bond acceptors (Lipinski definition) is 6. The first kappa shape index (κ1) is 27.4. The first-order chi connectivity index (χ1) is 19.9. The maximum atomic E-state index is 14.8. The van der Waals surface area contributed by atoms with E-state index in [1.165, 1.54) is 11.0 Å². The number of carbonyl (C=O) groups excluding carboxylic acids is 2. The molecule has 2 aromatic heterocycles. The summed E-state index contributed by atoms with van der Waals surface area (Å²) in [7, 11) is 0. The summed E-state index contributed by atoms with van der Waals surface area (Å²) in [5, 5.41) is 15.4. The smallest absolute Gasteiger partial charge is 0.251 e. The topological polar surface area (TPSA) is 106 Å². The Kier molecular flexibility index (Phi) is 8.28. The molecule has 0 bridgehead atoms. The molecule has 2 amide bonds. The maximum absolute atomic E-state index is 14.8. The van der Waals surface area contributed by atoms with Crippen molar-refractivity contribution in [2.45, 2.75) is 39.5 Å². The van der Waals surface area contributed by atoms with Gasteiger partial charge in [0.05, 0.1) is 0 Å². The number of benzene rings is 3. The highest BCUT2D eigenvalue weighted by Gasteiger charge is 2.35. The number of furan rings is 1. The van der Waals surface area contributed by atoms with Crippen molar-refractivity contribution in [2.75, 3.05) is 0 Å². The third-order valence-electron chi connectivity index (χ3n) is 6.56. The Morgan fingerprint density at radius 2 is 1.68 bits per heavy atom. The van der Waals surface area contributed by atoms with Gasteiger partial charge in [-0.3, -0.25) is 9.59 Å². The van der Waals surface area contributed by atoms with Crippen LogP contribution >= 0.6 is 0 Å². The van der Waals surface area contributed by atoms with Crippen molar-refractivity contribution >= 4 is 11.8 Å². The lowest BCUT2D eigenvalue weighted by Crippen LogP contribution is -2.44. The molecular formula is C31H29FN6O3. The summed E-state index contributed by atoms with van der Waals surface area (Å²) in [5.74, 6) is -0.304. The highest BCUT2D eigenvalue weighted by Crippen LogP contribution is 2.27. The average molecular weight is 553 g/mol. The molecule has 208 valence electrons. The van der Waals surface area contributed by atoms with Crippen LogP contribution in [0.3, 0.4) is 0 Å². The Morgan fingerprint density at radius 1 is 0.951 bits per heavy atom. The van der Waals surface area contributed by atoms with Crippen molar-refractivity contribution in [3.05, 3.63) is 125 Å². The fraction of sp³-hybridized carbons (Fsp3) is 0.194. The van der Waals surface area contributed by atoms with Crippen LogP contribution in [-0.4, -0.2) is 36.9 Å². The van der Waals surface area contributed by atoms with Gasteiger partial charge in [0, 0.05) is 24.2 Å². The summed E-state index contributed by atoms with van der Waals surface area (Å²) in [6.45, 7) is 3.45. The first-order valence-electron chi connectivity index (χ1n) is 13.1. The van der Waals surface area contributed by atoms with E-state index in [9.17, 15) is 14.0 Å². The van der Waals surface area contributed by atoms with Crippen molar-refractivity contribution in [3.63, 3.8) is 0 Å². The molecule has 0 aliphatic rings. The largest absolute Gasteiger partial charge is 0.464 e. The molecular weight excluding hydrogens is 523 g/mol. The van der Waals surface area contributed by atoms with Crippen molar-refractivity contribution in [1.29, 1.82) is 0 Å². The number of amides is 2. The van der Waals surface area contributed by atoms with Crippen molar-refractivity contribution < 1.29 is 18.4 Å². The zero-order valence-corrected chi connectivity index (χ0v) is 22.7. The van der Waals surface area contributed by atoms with Crippen LogP contribution in [0.2, 0.25) is 0 Å². The minimum atomic E-state index is -1.18. The molecule has 1 unspecified atom stereocenters. The molecule has 41 heavy (non-hydrogen) atoms. The number of rotatable bonds is 10. The second-order valence-electron chi connectivity index (χ2n) is 9.68. The number of nitrogens with one attached hydrogen (secondary N) is 1. The number of aryl methyl sites for hydroxylation is 2. The summed E-state index contributed by atoms with van der Waals surface area (Å²) in [5.41, 5.74) is 2.97. The number of tetrazole rings is 1. The summed E-state index contributed by atoms with van der Waals surface area (Å²) in [6, 6.07) is 25.3. The van der Waals surface area contributed by atoms with E-state index in [4.69, 9.17) is 4.42 Å². The lowest BCUT2D eigenvalue weighted by molar-refractivity contribution is -0.143. The van der Waals surface area contributed by atoms with Gasteiger partial charge in [-0.25, -0.2) is 4.39 Å². The molecule has 3 aromatic carbocycles. The second-order valence-corrected chi connectivity index (χ2v) is 9.68. The highest BCUT2D eigenvalue weighted by atomic mass is 19.1. The molecule has 5 aromatic rings. The summed E-state index contributed by atoms with van der Waals surface area (Å²) in [4.78, 5) is 30.0. The third-order valence-corrected chi connectivity index (χ3v) is 6.56. The molecule has 10 heteroatoms. The molecule has 0 aliphatic carbocycles. The van der Waals surface area contributed by atoms with Gasteiger partial charge in [0.25, 0.3) is 5.91 Å². The monoisotopic (exact) mass is 552 g/mol. The number of hydrogen-bond donors (Lipinski definition) is 1. The van der Waals surface area contributed by atoms with Gasteiger partial charge in [-0.15, -0.1) is 10.2 Å². The zero-order valence-electron chi connectivity index (χ0n) is 22.7. The van der Waals surface area contributed by atoms with Gasteiger partial charge in [-0.2, -0.15) is 4.80 Å². The maximum Gasteiger partial charge on any atom is 0.251 e. The van der Waals surface area contributed by atoms with Crippen LogP contribution in [0.4, 0.5) is 4.39 Å². The van der Waals surface area contributed by atoms with E-state index in [0.717, 1.165) is 21.5 Å². The van der Waals surface area contributed by atoms with Gasteiger partial charge in [0.15, 0.2) is 6.04 Å². The van der Waals surface area contributed by atoms with Crippen LogP contribution in [0.1, 0.15) is 34.3 Å². The van der Waals surface area contributed by atoms with E-state index in [0.29, 0.717) is 11.6 Å². The van der Waals surface area contributed by atoms with E-state index in [-0.39, 0.29) is 31.0 Å². The summed E-state index contributed by atoms with van der Waals surface area (Å²) < 4.78 is 20.6. The molecule has 0 saturated heterocycles. The number of carbonyl (C=O) groups is 2. The minimum Gasteiger partial charge on any atom is -0.464 e. The number of nitrogens with zero attached hydrogens (tertiary/aromatic N) is 5. The van der Waals surface area contributed by atoms with E-state index < -0.39 is 23.7 Å². The van der Waals surface area contributed by atoms with Crippen LogP contribution in [0, 0.1) is 19.7 Å².